The molecule has 4 rings (SSSR count). The molecule has 3 aromatic carbocycles. The Balaban J connectivity index is 1.23. The van der Waals surface area contributed by atoms with Crippen LogP contribution >= 0.6 is 45.2 Å². The maximum atomic E-state index is 12.8. The van der Waals surface area contributed by atoms with Crippen molar-refractivity contribution in [2.75, 3.05) is 20.3 Å². The Kier molecular flexibility index (Phi) is 9.27. The second-order valence-electron chi connectivity index (χ2n) is 8.08. The molecular weight excluding hydrogens is 711 g/mol. The number of hydrogen-bond donors (Lipinski definition) is 0. The number of furan rings is 1. The van der Waals surface area contributed by atoms with E-state index in [9.17, 15) is 13.2 Å². The number of methoxy groups -OCH3 is 1. The van der Waals surface area contributed by atoms with Gasteiger partial charge < -0.3 is 18.6 Å². The largest absolute Gasteiger partial charge is 0.496 e. The van der Waals surface area contributed by atoms with Gasteiger partial charge in [-0.25, -0.2) is 0 Å². The van der Waals surface area contributed by atoms with Crippen molar-refractivity contribution in [2.24, 2.45) is 0 Å². The lowest BCUT2D eigenvalue weighted by atomic mass is 10.1. The van der Waals surface area contributed by atoms with Crippen LogP contribution in [-0.2, 0) is 6.18 Å². The topological polar surface area (TPSA) is 40.8 Å². The maximum Gasteiger partial charge on any atom is 0.416 e. The highest BCUT2D eigenvalue weighted by Gasteiger charge is 2.30. The van der Waals surface area contributed by atoms with Crippen molar-refractivity contribution in [3.05, 3.63) is 85.5 Å². The van der Waals surface area contributed by atoms with Gasteiger partial charge in [-0.3, -0.25) is 0 Å². The van der Waals surface area contributed by atoms with Gasteiger partial charge in [0.2, 0.25) is 0 Å². The van der Waals surface area contributed by atoms with Crippen LogP contribution in [-0.4, -0.2) is 20.3 Å². The SMILES string of the molecule is COc1cc(I)c(OCCCCOc2ccc(-c3ccc(-c4ccc(C(F)(F)F)cc4)o3)cc2)cc1I. The highest BCUT2D eigenvalue weighted by Crippen LogP contribution is 2.34. The molecule has 0 aliphatic rings. The van der Waals surface area contributed by atoms with Crippen molar-refractivity contribution in [1.82, 2.24) is 0 Å². The molecule has 0 fully saturated rings. The zero-order valence-electron chi connectivity index (χ0n) is 19.8. The van der Waals surface area contributed by atoms with E-state index in [4.69, 9.17) is 18.6 Å². The third-order valence-corrected chi connectivity index (χ3v) is 7.20. The molecule has 194 valence electrons. The summed E-state index contributed by atoms with van der Waals surface area (Å²) in [6.45, 7) is 1.17. The van der Waals surface area contributed by atoms with E-state index in [0.717, 1.165) is 54.9 Å². The first-order valence-corrected chi connectivity index (χ1v) is 13.6. The van der Waals surface area contributed by atoms with Gasteiger partial charge in [0.05, 0.1) is 33.0 Å². The lowest BCUT2D eigenvalue weighted by molar-refractivity contribution is -0.137. The van der Waals surface area contributed by atoms with Crippen molar-refractivity contribution in [3.63, 3.8) is 0 Å². The molecule has 4 aromatic rings. The van der Waals surface area contributed by atoms with E-state index < -0.39 is 11.7 Å². The van der Waals surface area contributed by atoms with Crippen molar-refractivity contribution < 1.29 is 31.8 Å². The van der Waals surface area contributed by atoms with Gasteiger partial charge in [-0.1, -0.05) is 12.1 Å². The highest BCUT2D eigenvalue weighted by molar-refractivity contribution is 14.1. The maximum absolute atomic E-state index is 12.8. The second-order valence-corrected chi connectivity index (χ2v) is 10.4. The van der Waals surface area contributed by atoms with Crippen LogP contribution in [0.3, 0.4) is 0 Å². The monoisotopic (exact) mass is 734 g/mol. The Morgan fingerprint density at radius 1 is 0.703 bits per heavy atom. The summed E-state index contributed by atoms with van der Waals surface area (Å²) in [7, 11) is 1.65. The van der Waals surface area contributed by atoms with Crippen LogP contribution in [0.2, 0.25) is 0 Å². The van der Waals surface area contributed by atoms with E-state index in [0.29, 0.717) is 30.3 Å². The fraction of sp³-hybridized carbons (Fsp3) is 0.214. The number of ether oxygens (including phenoxy) is 3. The molecule has 0 saturated heterocycles. The third kappa shape index (κ3) is 7.34. The Labute approximate surface area is 240 Å². The zero-order chi connectivity index (χ0) is 26.4. The summed E-state index contributed by atoms with van der Waals surface area (Å²) < 4.78 is 63.3. The molecule has 0 spiro atoms. The van der Waals surface area contributed by atoms with Crippen molar-refractivity contribution in [1.29, 1.82) is 0 Å². The van der Waals surface area contributed by atoms with Gasteiger partial charge in [0.1, 0.15) is 28.8 Å². The Morgan fingerprint density at radius 3 is 1.78 bits per heavy atom. The lowest BCUT2D eigenvalue weighted by Gasteiger charge is -2.11. The van der Waals surface area contributed by atoms with Gasteiger partial charge in [-0.15, -0.1) is 0 Å². The normalized spacial score (nSPS) is 11.4. The van der Waals surface area contributed by atoms with E-state index in [1.54, 1.807) is 19.2 Å². The van der Waals surface area contributed by atoms with Gasteiger partial charge >= 0.3 is 6.18 Å². The van der Waals surface area contributed by atoms with Crippen LogP contribution in [0.15, 0.2) is 77.2 Å². The molecule has 1 heterocycles. The van der Waals surface area contributed by atoms with Crippen LogP contribution in [0.1, 0.15) is 18.4 Å². The summed E-state index contributed by atoms with van der Waals surface area (Å²) in [6.07, 6.45) is -2.66. The standard InChI is InChI=1S/C28H23F3I2O4/c1-34-26-16-23(33)27(17-22(26)32)36-15-3-2-14-35-21-10-6-19(7-11-21)25-13-12-24(37-25)18-4-8-20(9-5-18)28(29,30)31/h4-13,16-17H,2-3,14-15H2,1H3. The minimum absolute atomic E-state index is 0.505. The lowest BCUT2D eigenvalue weighted by Crippen LogP contribution is -2.03. The molecule has 0 aliphatic heterocycles. The molecule has 4 nitrogen and oxygen atoms in total. The summed E-state index contributed by atoms with van der Waals surface area (Å²) in [5.74, 6) is 3.57. The average Bonchev–Trinajstić information content (AvgIpc) is 3.38. The van der Waals surface area contributed by atoms with Gasteiger partial charge in [-0.2, -0.15) is 13.2 Å². The average molecular weight is 734 g/mol. The zero-order valence-corrected chi connectivity index (χ0v) is 24.1. The van der Waals surface area contributed by atoms with E-state index in [1.165, 1.54) is 12.1 Å². The van der Waals surface area contributed by atoms with Crippen molar-refractivity contribution in [2.45, 2.75) is 19.0 Å². The molecular formula is C28H23F3I2O4. The van der Waals surface area contributed by atoms with E-state index >= 15 is 0 Å². The van der Waals surface area contributed by atoms with E-state index in [2.05, 4.69) is 45.2 Å². The minimum Gasteiger partial charge on any atom is -0.496 e. The quantitative estimate of drug-likeness (QED) is 0.121. The summed E-state index contributed by atoms with van der Waals surface area (Å²) in [5, 5.41) is 0. The second kappa shape index (κ2) is 12.4. The van der Waals surface area contributed by atoms with E-state index in [1.807, 2.05) is 36.4 Å². The van der Waals surface area contributed by atoms with Crippen LogP contribution in [0.4, 0.5) is 13.2 Å². The van der Waals surface area contributed by atoms with Gasteiger partial charge in [-0.05, 0) is 119 Å². The Morgan fingerprint density at radius 2 is 1.22 bits per heavy atom. The number of halogens is 5. The van der Waals surface area contributed by atoms with Crippen LogP contribution in [0.5, 0.6) is 17.2 Å². The molecule has 9 heteroatoms. The van der Waals surface area contributed by atoms with Crippen molar-refractivity contribution in [3.8, 4) is 39.9 Å². The number of hydrogen-bond acceptors (Lipinski definition) is 4. The fourth-order valence-electron chi connectivity index (χ4n) is 3.54. The summed E-state index contributed by atoms with van der Waals surface area (Å²) in [5.41, 5.74) is 0.746. The number of unbranched alkanes of at least 4 members (excludes halogenated alkanes) is 1. The molecule has 0 radical (unpaired) electrons. The van der Waals surface area contributed by atoms with Crippen LogP contribution in [0, 0.1) is 7.14 Å². The molecule has 1 aromatic heterocycles. The Bertz CT molecular complexity index is 1320. The summed E-state index contributed by atoms with van der Waals surface area (Å²) in [4.78, 5) is 0. The molecule has 0 amide bonds. The van der Waals surface area contributed by atoms with Crippen molar-refractivity contribution >= 4 is 45.2 Å². The first kappa shape index (κ1) is 27.6. The van der Waals surface area contributed by atoms with Gasteiger partial charge in [0.15, 0.2) is 0 Å². The molecule has 0 N–H and O–H groups in total. The summed E-state index contributed by atoms with van der Waals surface area (Å²) in [6, 6.07) is 19.9. The number of rotatable bonds is 10. The fourth-order valence-corrected chi connectivity index (χ4v) is 4.79. The molecule has 0 unspecified atom stereocenters. The van der Waals surface area contributed by atoms with E-state index in [-0.39, 0.29) is 0 Å². The Hall–Kier alpha value is -2.41. The number of alkyl halides is 3. The third-order valence-electron chi connectivity index (χ3n) is 5.51. The predicted octanol–water partition coefficient (Wildman–Crippen LogP) is 9.09. The minimum atomic E-state index is -4.36. The molecule has 37 heavy (non-hydrogen) atoms. The molecule has 0 saturated carbocycles. The predicted molar refractivity (Wildman–Crippen MR) is 153 cm³/mol. The van der Waals surface area contributed by atoms with Crippen LogP contribution in [0.25, 0.3) is 22.6 Å². The first-order valence-electron chi connectivity index (χ1n) is 11.4. The first-order chi connectivity index (χ1) is 17.7. The number of benzene rings is 3. The molecule has 0 atom stereocenters. The van der Waals surface area contributed by atoms with Gasteiger partial charge in [0.25, 0.3) is 0 Å². The molecule has 0 bridgehead atoms. The smallest absolute Gasteiger partial charge is 0.416 e. The molecule has 0 aliphatic carbocycles. The highest BCUT2D eigenvalue weighted by atomic mass is 127. The van der Waals surface area contributed by atoms with Gasteiger partial charge in [0, 0.05) is 11.1 Å². The van der Waals surface area contributed by atoms with Crippen LogP contribution < -0.4 is 14.2 Å². The summed E-state index contributed by atoms with van der Waals surface area (Å²) >= 11 is 4.47.